The van der Waals surface area contributed by atoms with Crippen LogP contribution >= 0.6 is 0 Å². The SMILES string of the molecule is O=C(NCc1cccnc1)Nc1ccc(S(=O)(=O)Cc2ccc3c(c2)OCO3)cc1. The van der Waals surface area contributed by atoms with Gasteiger partial charge in [0.15, 0.2) is 21.3 Å². The summed E-state index contributed by atoms with van der Waals surface area (Å²) in [6, 6.07) is 14.4. The molecule has 0 spiro atoms. The van der Waals surface area contributed by atoms with E-state index < -0.39 is 15.9 Å². The molecule has 1 aliphatic heterocycles. The van der Waals surface area contributed by atoms with Gasteiger partial charge in [0.25, 0.3) is 0 Å². The fourth-order valence-electron chi connectivity index (χ4n) is 2.94. The molecule has 4 rings (SSSR count). The number of pyridine rings is 1. The van der Waals surface area contributed by atoms with Crippen molar-refractivity contribution < 1.29 is 22.7 Å². The third-order valence-electron chi connectivity index (χ3n) is 4.44. The second-order valence-corrected chi connectivity index (χ2v) is 8.63. The van der Waals surface area contributed by atoms with Crippen LogP contribution in [0, 0.1) is 0 Å². The number of hydrogen-bond acceptors (Lipinski definition) is 6. The zero-order chi connectivity index (χ0) is 21.0. The molecule has 0 unspecified atom stereocenters. The lowest BCUT2D eigenvalue weighted by molar-refractivity contribution is 0.174. The molecule has 1 aliphatic rings. The zero-order valence-electron chi connectivity index (χ0n) is 15.9. The Bertz CT molecular complexity index is 1150. The van der Waals surface area contributed by atoms with Crippen LogP contribution in [0.5, 0.6) is 11.5 Å². The smallest absolute Gasteiger partial charge is 0.319 e. The summed E-state index contributed by atoms with van der Waals surface area (Å²) in [7, 11) is -3.55. The Labute approximate surface area is 173 Å². The first-order valence-corrected chi connectivity index (χ1v) is 10.8. The van der Waals surface area contributed by atoms with Crippen LogP contribution in [0.4, 0.5) is 10.5 Å². The molecule has 2 aromatic carbocycles. The van der Waals surface area contributed by atoms with Crippen molar-refractivity contribution in [3.8, 4) is 11.5 Å². The van der Waals surface area contributed by atoms with Gasteiger partial charge in [-0.1, -0.05) is 12.1 Å². The number of anilines is 1. The van der Waals surface area contributed by atoms with Crippen LogP contribution in [-0.4, -0.2) is 26.2 Å². The molecule has 2 amide bonds. The number of carbonyl (C=O) groups excluding carboxylic acids is 1. The van der Waals surface area contributed by atoms with E-state index in [9.17, 15) is 13.2 Å². The van der Waals surface area contributed by atoms with Crippen LogP contribution < -0.4 is 20.1 Å². The highest BCUT2D eigenvalue weighted by molar-refractivity contribution is 7.90. The van der Waals surface area contributed by atoms with Crippen molar-refractivity contribution in [3.05, 3.63) is 78.1 Å². The highest BCUT2D eigenvalue weighted by Gasteiger charge is 2.19. The molecule has 2 N–H and O–H groups in total. The summed E-state index contributed by atoms with van der Waals surface area (Å²) >= 11 is 0. The maximum absolute atomic E-state index is 12.7. The Balaban J connectivity index is 1.36. The van der Waals surface area contributed by atoms with Gasteiger partial charge in [0.1, 0.15) is 0 Å². The number of hydrogen-bond donors (Lipinski definition) is 2. The van der Waals surface area contributed by atoms with E-state index in [-0.39, 0.29) is 17.4 Å². The lowest BCUT2D eigenvalue weighted by atomic mass is 10.2. The summed E-state index contributed by atoms with van der Waals surface area (Å²) in [5.74, 6) is 0.982. The Morgan fingerprint density at radius 3 is 2.57 bits per heavy atom. The van der Waals surface area contributed by atoms with E-state index in [4.69, 9.17) is 9.47 Å². The highest BCUT2D eigenvalue weighted by atomic mass is 32.2. The van der Waals surface area contributed by atoms with Gasteiger partial charge >= 0.3 is 6.03 Å². The van der Waals surface area contributed by atoms with Crippen LogP contribution in [0.1, 0.15) is 11.1 Å². The maximum atomic E-state index is 12.7. The van der Waals surface area contributed by atoms with Crippen LogP contribution in [0.25, 0.3) is 0 Å². The van der Waals surface area contributed by atoms with Crippen molar-refractivity contribution in [2.45, 2.75) is 17.2 Å². The van der Waals surface area contributed by atoms with E-state index in [1.165, 1.54) is 12.1 Å². The summed E-state index contributed by atoms with van der Waals surface area (Å²) in [6.07, 6.45) is 3.33. The first-order valence-electron chi connectivity index (χ1n) is 9.15. The number of ether oxygens (including phenoxy) is 2. The normalized spacial score (nSPS) is 12.4. The van der Waals surface area contributed by atoms with Gasteiger partial charge < -0.3 is 20.1 Å². The standard InChI is InChI=1S/C21H19N3O5S/c25-21(23-12-16-2-1-9-22-11-16)24-17-4-6-18(7-5-17)30(26,27)13-15-3-8-19-20(10-15)29-14-28-19/h1-11H,12-14H2,(H2,23,24,25). The van der Waals surface area contributed by atoms with Crippen LogP contribution in [-0.2, 0) is 22.1 Å². The van der Waals surface area contributed by atoms with Gasteiger partial charge in [-0.25, -0.2) is 13.2 Å². The Morgan fingerprint density at radius 1 is 1.00 bits per heavy atom. The van der Waals surface area contributed by atoms with Crippen LogP contribution in [0.2, 0.25) is 0 Å². The topological polar surface area (TPSA) is 107 Å². The van der Waals surface area contributed by atoms with E-state index in [0.717, 1.165) is 5.56 Å². The van der Waals surface area contributed by atoms with Crippen molar-refractivity contribution in [2.75, 3.05) is 12.1 Å². The van der Waals surface area contributed by atoms with Gasteiger partial charge in [0, 0.05) is 24.6 Å². The summed E-state index contributed by atoms with van der Waals surface area (Å²) in [5.41, 5.74) is 1.97. The fourth-order valence-corrected chi connectivity index (χ4v) is 4.28. The van der Waals surface area contributed by atoms with Crippen molar-refractivity contribution in [1.29, 1.82) is 0 Å². The number of nitrogens with one attached hydrogen (secondary N) is 2. The molecule has 30 heavy (non-hydrogen) atoms. The van der Waals surface area contributed by atoms with Crippen LogP contribution in [0.3, 0.4) is 0 Å². The van der Waals surface area contributed by atoms with E-state index in [1.807, 2.05) is 6.07 Å². The third kappa shape index (κ3) is 4.69. The number of rotatable bonds is 6. The summed E-state index contributed by atoms with van der Waals surface area (Å²) in [4.78, 5) is 16.2. The Kier molecular flexibility index (Phi) is 5.53. The van der Waals surface area contributed by atoms with E-state index in [2.05, 4.69) is 15.6 Å². The number of amides is 2. The second-order valence-electron chi connectivity index (χ2n) is 6.64. The molecular weight excluding hydrogens is 406 g/mol. The summed E-state index contributed by atoms with van der Waals surface area (Å²) in [6.45, 7) is 0.470. The van der Waals surface area contributed by atoms with Crippen molar-refractivity contribution in [1.82, 2.24) is 10.3 Å². The lowest BCUT2D eigenvalue weighted by Gasteiger charge is -2.09. The molecule has 0 aliphatic carbocycles. The molecule has 154 valence electrons. The van der Waals surface area contributed by atoms with E-state index in [0.29, 0.717) is 29.3 Å². The average molecular weight is 425 g/mol. The molecule has 1 aromatic heterocycles. The minimum atomic E-state index is -3.55. The minimum absolute atomic E-state index is 0.135. The average Bonchev–Trinajstić information content (AvgIpc) is 3.21. The minimum Gasteiger partial charge on any atom is -0.454 e. The monoisotopic (exact) mass is 425 g/mol. The first kappa shape index (κ1) is 19.7. The summed E-state index contributed by atoms with van der Waals surface area (Å²) < 4.78 is 36.0. The largest absolute Gasteiger partial charge is 0.454 e. The van der Waals surface area contributed by atoms with Crippen molar-refractivity contribution in [3.63, 3.8) is 0 Å². The summed E-state index contributed by atoms with van der Waals surface area (Å²) in [5, 5.41) is 5.39. The molecule has 0 saturated carbocycles. The van der Waals surface area contributed by atoms with E-state index in [1.54, 1.807) is 48.8 Å². The quantitative estimate of drug-likeness (QED) is 0.629. The highest BCUT2D eigenvalue weighted by Crippen LogP contribution is 2.33. The molecule has 3 aromatic rings. The first-order chi connectivity index (χ1) is 14.5. The third-order valence-corrected chi connectivity index (χ3v) is 6.14. The maximum Gasteiger partial charge on any atom is 0.319 e. The van der Waals surface area contributed by atoms with Gasteiger partial charge in [-0.05, 0) is 53.6 Å². The van der Waals surface area contributed by atoms with Gasteiger partial charge in [-0.3, -0.25) is 4.98 Å². The number of nitrogens with zero attached hydrogens (tertiary/aromatic N) is 1. The molecule has 0 atom stereocenters. The zero-order valence-corrected chi connectivity index (χ0v) is 16.7. The molecule has 0 bridgehead atoms. The Hall–Kier alpha value is -3.59. The van der Waals surface area contributed by atoms with Gasteiger partial charge in [-0.15, -0.1) is 0 Å². The number of benzene rings is 2. The second kappa shape index (κ2) is 8.42. The molecule has 0 fully saturated rings. The lowest BCUT2D eigenvalue weighted by Crippen LogP contribution is -2.28. The molecule has 0 saturated heterocycles. The number of aromatic nitrogens is 1. The molecule has 8 nitrogen and oxygen atoms in total. The molecule has 9 heteroatoms. The number of urea groups is 1. The predicted octanol–water partition coefficient (Wildman–Crippen LogP) is 3.11. The van der Waals surface area contributed by atoms with Gasteiger partial charge in [0.2, 0.25) is 6.79 Å². The van der Waals surface area contributed by atoms with Gasteiger partial charge in [-0.2, -0.15) is 0 Å². The molecule has 2 heterocycles. The fraction of sp³-hybridized carbons (Fsp3) is 0.143. The van der Waals surface area contributed by atoms with Crippen molar-refractivity contribution >= 4 is 21.6 Å². The van der Waals surface area contributed by atoms with Crippen LogP contribution in [0.15, 0.2) is 71.9 Å². The Morgan fingerprint density at radius 2 is 1.80 bits per heavy atom. The number of sulfone groups is 1. The predicted molar refractivity (Wildman–Crippen MR) is 110 cm³/mol. The molecular formula is C21H19N3O5S. The number of carbonyl (C=O) groups is 1. The van der Waals surface area contributed by atoms with E-state index >= 15 is 0 Å². The molecule has 0 radical (unpaired) electrons. The van der Waals surface area contributed by atoms with Crippen molar-refractivity contribution in [2.24, 2.45) is 0 Å². The van der Waals surface area contributed by atoms with Gasteiger partial charge in [0.05, 0.1) is 10.6 Å². The number of fused-ring (bicyclic) bond motifs is 1.